The number of nitrogens with zero attached hydrogens (tertiary/aromatic N) is 7. The van der Waals surface area contributed by atoms with E-state index in [9.17, 15) is 9.18 Å². The Kier molecular flexibility index (Phi) is 3.80. The molecule has 0 amide bonds. The summed E-state index contributed by atoms with van der Waals surface area (Å²) in [6.07, 6.45) is 3.01. The number of imidazole rings is 1. The predicted molar refractivity (Wildman–Crippen MR) is 109 cm³/mol. The number of hydrogen-bond acceptors (Lipinski definition) is 7. The van der Waals surface area contributed by atoms with Gasteiger partial charge in [0.15, 0.2) is 17.0 Å². The highest BCUT2D eigenvalue weighted by Crippen LogP contribution is 2.57. The van der Waals surface area contributed by atoms with Crippen molar-refractivity contribution < 1.29 is 8.91 Å². The Balaban J connectivity index is 1.17. The van der Waals surface area contributed by atoms with E-state index >= 15 is 0 Å². The summed E-state index contributed by atoms with van der Waals surface area (Å²) < 4.78 is 22.3. The summed E-state index contributed by atoms with van der Waals surface area (Å²) in [7, 11) is 1.76. The van der Waals surface area contributed by atoms with Crippen LogP contribution in [0.15, 0.2) is 40.2 Å². The second-order valence-electron chi connectivity index (χ2n) is 8.50. The largest absolute Gasteiger partial charge is 0.371 e. The first-order valence-electron chi connectivity index (χ1n) is 10.2. The molecule has 0 N–H and O–H groups in total. The maximum atomic E-state index is 13.7. The highest BCUT2D eigenvalue weighted by atomic mass is 19.1. The molecule has 1 saturated heterocycles. The van der Waals surface area contributed by atoms with Crippen molar-refractivity contribution in [2.75, 3.05) is 18.0 Å². The summed E-state index contributed by atoms with van der Waals surface area (Å²) in [6.45, 7) is 3.77. The Morgan fingerprint density at radius 2 is 1.94 bits per heavy atom. The lowest BCUT2D eigenvalue weighted by Gasteiger charge is -2.22. The van der Waals surface area contributed by atoms with E-state index in [0.717, 1.165) is 24.3 Å². The molecule has 4 heterocycles. The molecule has 1 aliphatic carbocycles. The number of benzene rings is 1. The maximum absolute atomic E-state index is 13.7. The van der Waals surface area contributed by atoms with E-state index < -0.39 is 0 Å². The highest BCUT2D eigenvalue weighted by molar-refractivity contribution is 5.68. The zero-order valence-electron chi connectivity index (χ0n) is 17.1. The summed E-state index contributed by atoms with van der Waals surface area (Å²) in [5.41, 5.74) is 2.50. The van der Waals surface area contributed by atoms with Crippen LogP contribution in [0, 0.1) is 24.6 Å². The molecule has 158 valence electrons. The van der Waals surface area contributed by atoms with E-state index in [4.69, 9.17) is 4.52 Å². The Morgan fingerprint density at radius 1 is 1.16 bits per heavy atom. The minimum absolute atomic E-state index is 0.163. The second kappa shape index (κ2) is 6.47. The van der Waals surface area contributed by atoms with Crippen molar-refractivity contribution in [3.05, 3.63) is 64.3 Å². The molecule has 1 unspecified atom stereocenters. The minimum atomic E-state index is -0.205. The van der Waals surface area contributed by atoms with E-state index in [2.05, 4.69) is 25.0 Å². The monoisotopic (exact) mass is 421 g/mol. The molecule has 31 heavy (non-hydrogen) atoms. The van der Waals surface area contributed by atoms with Gasteiger partial charge < -0.3 is 14.0 Å². The van der Waals surface area contributed by atoms with Crippen molar-refractivity contribution in [1.82, 2.24) is 29.2 Å². The Hall–Kier alpha value is -3.56. The quantitative estimate of drug-likeness (QED) is 0.496. The maximum Gasteiger partial charge on any atom is 0.280 e. The fourth-order valence-corrected chi connectivity index (χ4v) is 4.82. The summed E-state index contributed by atoms with van der Waals surface area (Å²) in [5.74, 6) is 1.97. The molecule has 1 saturated carbocycles. The van der Waals surface area contributed by atoms with Gasteiger partial charge in [-0.15, -0.1) is 0 Å². The number of aromatic nitrogens is 6. The average molecular weight is 421 g/mol. The lowest BCUT2D eigenvalue weighted by atomic mass is 10.2. The van der Waals surface area contributed by atoms with Crippen LogP contribution >= 0.6 is 0 Å². The molecule has 10 heteroatoms. The van der Waals surface area contributed by atoms with Crippen LogP contribution in [0.4, 0.5) is 10.1 Å². The molecule has 2 fully saturated rings. The fourth-order valence-electron chi connectivity index (χ4n) is 4.82. The zero-order valence-corrected chi connectivity index (χ0v) is 17.1. The second-order valence-corrected chi connectivity index (χ2v) is 8.50. The Bertz CT molecular complexity index is 1340. The number of hydrogen-bond donors (Lipinski definition) is 0. The molecule has 9 nitrogen and oxygen atoms in total. The van der Waals surface area contributed by atoms with Gasteiger partial charge in [0.2, 0.25) is 5.89 Å². The van der Waals surface area contributed by atoms with E-state index in [1.165, 1.54) is 17.0 Å². The van der Waals surface area contributed by atoms with Crippen molar-refractivity contribution in [2.45, 2.75) is 19.4 Å². The van der Waals surface area contributed by atoms with Crippen LogP contribution in [0.5, 0.6) is 0 Å². The SMILES string of the molecule is Cc1cc(F)cc(N2C[C@@H]3C(c4noc(Cn5cnc6ncn(C)c6c5=O)n4)[C@@H]3C2)c1. The van der Waals surface area contributed by atoms with Crippen molar-refractivity contribution in [1.29, 1.82) is 0 Å². The van der Waals surface area contributed by atoms with Crippen molar-refractivity contribution >= 4 is 16.9 Å². The molecular weight excluding hydrogens is 401 g/mol. The number of piperidine rings is 1. The van der Waals surface area contributed by atoms with Gasteiger partial charge in [-0.05, 0) is 42.5 Å². The molecule has 0 bridgehead atoms. The minimum Gasteiger partial charge on any atom is -0.371 e. The van der Waals surface area contributed by atoms with Crippen LogP contribution in [0.1, 0.15) is 23.2 Å². The van der Waals surface area contributed by atoms with Crippen LogP contribution in [-0.2, 0) is 13.6 Å². The van der Waals surface area contributed by atoms with E-state index in [0.29, 0.717) is 34.7 Å². The van der Waals surface area contributed by atoms with Crippen molar-refractivity contribution in [3.63, 3.8) is 0 Å². The third-order valence-corrected chi connectivity index (χ3v) is 6.37. The smallest absolute Gasteiger partial charge is 0.280 e. The van der Waals surface area contributed by atoms with E-state index in [1.807, 2.05) is 13.0 Å². The molecule has 6 rings (SSSR count). The standard InChI is InChI=1S/C21H20FN7O2/c1-11-3-12(22)5-13(4-11)28-6-14-15(7-28)17(14)19-25-16(31-26-19)8-29-10-24-20-18(21(29)30)27(2)9-23-20/h3-5,9-10,14-15,17H,6-8H2,1-2H3/t14-,15+,17?. The summed E-state index contributed by atoms with van der Waals surface area (Å²) in [6, 6.07) is 5.14. The molecule has 1 aliphatic heterocycles. The molecule has 2 aliphatic rings. The zero-order chi connectivity index (χ0) is 21.3. The molecule has 3 aromatic heterocycles. The molecule has 0 spiro atoms. The number of fused-ring (bicyclic) bond motifs is 2. The molecule has 4 aromatic rings. The van der Waals surface area contributed by atoms with Gasteiger partial charge in [-0.3, -0.25) is 9.36 Å². The Labute approximate surface area is 176 Å². The number of halogens is 1. The number of rotatable bonds is 4. The van der Waals surface area contributed by atoms with Crippen molar-refractivity contribution in [3.8, 4) is 0 Å². The number of anilines is 1. The summed E-state index contributed by atoms with van der Waals surface area (Å²) in [5, 5.41) is 4.16. The van der Waals surface area contributed by atoms with Crippen LogP contribution in [0.2, 0.25) is 0 Å². The normalized spacial score (nSPS) is 22.3. The third-order valence-electron chi connectivity index (χ3n) is 6.37. The first kappa shape index (κ1) is 18.2. The lowest BCUT2D eigenvalue weighted by Crippen LogP contribution is -2.24. The predicted octanol–water partition coefficient (Wildman–Crippen LogP) is 1.86. The summed E-state index contributed by atoms with van der Waals surface area (Å²) in [4.78, 5) is 27.8. The first-order valence-corrected chi connectivity index (χ1v) is 10.2. The van der Waals surface area contributed by atoms with Crippen LogP contribution < -0.4 is 10.5 Å². The van der Waals surface area contributed by atoms with Gasteiger partial charge in [0.25, 0.3) is 5.56 Å². The van der Waals surface area contributed by atoms with E-state index in [1.54, 1.807) is 24.0 Å². The van der Waals surface area contributed by atoms with Crippen LogP contribution in [-0.4, -0.2) is 42.3 Å². The Morgan fingerprint density at radius 3 is 2.71 bits per heavy atom. The van der Waals surface area contributed by atoms with Gasteiger partial charge in [0, 0.05) is 31.7 Å². The topological polar surface area (TPSA) is 94.9 Å². The first-order chi connectivity index (χ1) is 15.0. The summed E-state index contributed by atoms with van der Waals surface area (Å²) >= 11 is 0. The van der Waals surface area contributed by atoms with Crippen LogP contribution in [0.25, 0.3) is 11.2 Å². The van der Waals surface area contributed by atoms with Gasteiger partial charge in [-0.1, -0.05) is 5.16 Å². The van der Waals surface area contributed by atoms with Crippen molar-refractivity contribution in [2.24, 2.45) is 18.9 Å². The third kappa shape index (κ3) is 2.93. The average Bonchev–Trinajstić information content (AvgIpc) is 3.15. The molecule has 3 atom stereocenters. The van der Waals surface area contributed by atoms with Gasteiger partial charge >= 0.3 is 0 Å². The van der Waals surface area contributed by atoms with Gasteiger partial charge in [0.1, 0.15) is 18.7 Å². The lowest BCUT2D eigenvalue weighted by molar-refractivity contribution is 0.363. The fraction of sp³-hybridized carbons (Fsp3) is 0.381. The molecule has 1 aromatic carbocycles. The van der Waals surface area contributed by atoms with E-state index in [-0.39, 0.29) is 23.8 Å². The van der Waals surface area contributed by atoms with Gasteiger partial charge in [-0.2, -0.15) is 4.98 Å². The highest BCUT2D eigenvalue weighted by Gasteiger charge is 2.58. The van der Waals surface area contributed by atoms with Gasteiger partial charge in [0.05, 0.1) is 6.33 Å². The number of aryl methyl sites for hydroxylation is 2. The van der Waals surface area contributed by atoms with Crippen LogP contribution in [0.3, 0.4) is 0 Å². The van der Waals surface area contributed by atoms with Gasteiger partial charge in [-0.25, -0.2) is 14.4 Å². The molecular formula is C21H20FN7O2. The molecule has 0 radical (unpaired) electrons.